The fourth-order valence-corrected chi connectivity index (χ4v) is 1.99. The fourth-order valence-electron chi connectivity index (χ4n) is 1.08. The van der Waals surface area contributed by atoms with Crippen LogP contribution in [0.2, 0.25) is 0 Å². The molecule has 1 rings (SSSR count). The zero-order chi connectivity index (χ0) is 12.0. The smallest absolute Gasteiger partial charge is 0.242 e. The third kappa shape index (κ3) is 4.02. The van der Waals surface area contributed by atoms with Crippen LogP contribution in [0.3, 0.4) is 0 Å². The van der Waals surface area contributed by atoms with Gasteiger partial charge in [0.2, 0.25) is 10.0 Å². The van der Waals surface area contributed by atoms with Crippen LogP contribution < -0.4 is 9.46 Å². The average molecular weight is 308 g/mol. The van der Waals surface area contributed by atoms with Gasteiger partial charge >= 0.3 is 0 Å². The maximum atomic E-state index is 11.4. The minimum Gasteiger partial charge on any atom is -0.491 e. The van der Waals surface area contributed by atoms with Crippen molar-refractivity contribution >= 4 is 31.6 Å². The predicted octanol–water partition coefficient (Wildman–Crippen LogP) is 2.57. The van der Waals surface area contributed by atoms with Crippen molar-refractivity contribution in [3.05, 3.63) is 24.3 Å². The molecule has 0 radical (unpaired) electrons. The Balaban J connectivity index is 2.86. The topological polar surface area (TPSA) is 55.4 Å². The van der Waals surface area contributed by atoms with Gasteiger partial charge in [-0.2, -0.15) is 0 Å². The van der Waals surface area contributed by atoms with Gasteiger partial charge in [0.05, 0.1) is 12.3 Å². The van der Waals surface area contributed by atoms with Crippen molar-refractivity contribution in [3.8, 4) is 5.75 Å². The molecule has 0 spiro atoms. The van der Waals surface area contributed by atoms with Crippen molar-refractivity contribution in [1.82, 2.24) is 0 Å². The van der Waals surface area contributed by atoms with Crippen molar-refractivity contribution in [2.24, 2.45) is 0 Å². The lowest BCUT2D eigenvalue weighted by atomic mass is 10.3. The standard InChI is InChI=1S/C10H14BrNO3S/c1-2-7-15-10-6-4-3-5-9(10)12-16(13,14)8-11/h3-6,12H,2,7-8H2,1H3. The van der Waals surface area contributed by atoms with Gasteiger partial charge in [-0.1, -0.05) is 35.0 Å². The quantitative estimate of drug-likeness (QED) is 0.822. The van der Waals surface area contributed by atoms with Crippen LogP contribution >= 0.6 is 15.9 Å². The third-order valence-electron chi connectivity index (χ3n) is 1.76. The molecule has 0 aliphatic rings. The molecule has 1 N–H and O–H groups in total. The number of para-hydroxylation sites is 2. The first-order valence-electron chi connectivity index (χ1n) is 4.87. The molecule has 1 aromatic carbocycles. The highest BCUT2D eigenvalue weighted by Gasteiger charge is 2.11. The van der Waals surface area contributed by atoms with Gasteiger partial charge < -0.3 is 4.74 Å². The molecule has 4 nitrogen and oxygen atoms in total. The summed E-state index contributed by atoms with van der Waals surface area (Å²) >= 11 is 2.91. The second-order valence-corrected chi connectivity index (χ2v) is 6.20. The molecule has 6 heteroatoms. The zero-order valence-electron chi connectivity index (χ0n) is 8.94. The highest BCUT2D eigenvalue weighted by Crippen LogP contribution is 2.25. The Labute approximate surface area is 104 Å². The first-order valence-corrected chi connectivity index (χ1v) is 7.64. The molecule has 0 fully saturated rings. The number of hydrogen-bond donors (Lipinski definition) is 1. The maximum absolute atomic E-state index is 11.4. The summed E-state index contributed by atoms with van der Waals surface area (Å²) in [6.07, 6.45) is 0.875. The molecule has 0 aliphatic carbocycles. The molecule has 0 bridgehead atoms. The van der Waals surface area contributed by atoms with Crippen molar-refractivity contribution in [3.63, 3.8) is 0 Å². The molecule has 0 aromatic heterocycles. The average Bonchev–Trinajstić information content (AvgIpc) is 2.27. The number of rotatable bonds is 6. The van der Waals surface area contributed by atoms with Gasteiger partial charge in [-0.15, -0.1) is 0 Å². The van der Waals surface area contributed by atoms with Crippen LogP contribution in [0.5, 0.6) is 5.75 Å². The van der Waals surface area contributed by atoms with Gasteiger partial charge in [0.25, 0.3) is 0 Å². The first-order chi connectivity index (χ1) is 7.59. The molecule has 0 unspecified atom stereocenters. The Bertz CT molecular complexity index is 433. The molecule has 0 amide bonds. The monoisotopic (exact) mass is 307 g/mol. The minimum absolute atomic E-state index is 0.137. The van der Waals surface area contributed by atoms with Crippen LogP contribution in [0.15, 0.2) is 24.3 Å². The van der Waals surface area contributed by atoms with E-state index in [9.17, 15) is 8.42 Å². The summed E-state index contributed by atoms with van der Waals surface area (Å²) in [7, 11) is -3.33. The largest absolute Gasteiger partial charge is 0.491 e. The van der Waals surface area contributed by atoms with Crippen molar-refractivity contribution in [2.75, 3.05) is 16.0 Å². The lowest BCUT2D eigenvalue weighted by Gasteiger charge is -2.11. The summed E-state index contributed by atoms with van der Waals surface area (Å²) < 4.78 is 30.5. The van der Waals surface area contributed by atoms with Gasteiger partial charge in [0.15, 0.2) is 0 Å². The summed E-state index contributed by atoms with van der Waals surface area (Å²) in [5.74, 6) is 0.550. The van der Waals surface area contributed by atoms with Crippen LogP contribution in [0.1, 0.15) is 13.3 Å². The Morgan fingerprint density at radius 1 is 1.38 bits per heavy atom. The molecule has 90 valence electrons. The number of nitrogens with one attached hydrogen (secondary N) is 1. The van der Waals surface area contributed by atoms with Crippen LogP contribution in [0.4, 0.5) is 5.69 Å². The maximum Gasteiger partial charge on any atom is 0.242 e. The molecular formula is C10H14BrNO3S. The molecule has 1 aromatic rings. The van der Waals surface area contributed by atoms with Gasteiger partial charge in [-0.3, -0.25) is 4.72 Å². The summed E-state index contributed by atoms with van der Waals surface area (Å²) in [6, 6.07) is 6.97. The number of alkyl halides is 1. The summed E-state index contributed by atoms with van der Waals surface area (Å²) in [6.45, 7) is 2.55. The molecule has 0 heterocycles. The van der Waals surface area contributed by atoms with E-state index in [0.717, 1.165) is 6.42 Å². The molecule has 0 aliphatic heterocycles. The second-order valence-electron chi connectivity index (χ2n) is 3.17. The Morgan fingerprint density at radius 3 is 2.69 bits per heavy atom. The predicted molar refractivity (Wildman–Crippen MR) is 68.6 cm³/mol. The highest BCUT2D eigenvalue weighted by molar-refractivity contribution is 9.10. The molecule has 0 saturated heterocycles. The number of ether oxygens (including phenoxy) is 1. The third-order valence-corrected chi connectivity index (χ3v) is 4.38. The van der Waals surface area contributed by atoms with E-state index in [2.05, 4.69) is 20.7 Å². The minimum atomic E-state index is -3.33. The summed E-state index contributed by atoms with van der Waals surface area (Å²) in [4.78, 5) is 0. The van der Waals surface area contributed by atoms with E-state index in [1.165, 1.54) is 0 Å². The fraction of sp³-hybridized carbons (Fsp3) is 0.400. The van der Waals surface area contributed by atoms with E-state index in [0.29, 0.717) is 18.0 Å². The van der Waals surface area contributed by atoms with Crippen LogP contribution in [-0.4, -0.2) is 19.7 Å². The molecule has 0 saturated carbocycles. The Hall–Kier alpha value is -0.750. The van der Waals surface area contributed by atoms with Gasteiger partial charge in [0.1, 0.15) is 10.4 Å². The molecule has 16 heavy (non-hydrogen) atoms. The normalized spacial score (nSPS) is 11.1. The van der Waals surface area contributed by atoms with Gasteiger partial charge in [0, 0.05) is 0 Å². The van der Waals surface area contributed by atoms with Crippen molar-refractivity contribution < 1.29 is 13.2 Å². The zero-order valence-corrected chi connectivity index (χ0v) is 11.3. The van der Waals surface area contributed by atoms with Crippen molar-refractivity contribution in [1.29, 1.82) is 0 Å². The lowest BCUT2D eigenvalue weighted by Crippen LogP contribution is -2.14. The van der Waals surface area contributed by atoms with Gasteiger partial charge in [-0.05, 0) is 18.6 Å². The number of hydrogen-bond acceptors (Lipinski definition) is 3. The Kier molecular flexibility index (Phi) is 5.08. The summed E-state index contributed by atoms with van der Waals surface area (Å²) in [5.41, 5.74) is 0.468. The first kappa shape index (κ1) is 13.3. The van der Waals surface area contributed by atoms with Crippen LogP contribution in [0.25, 0.3) is 0 Å². The molecular weight excluding hydrogens is 294 g/mol. The number of anilines is 1. The highest BCUT2D eigenvalue weighted by atomic mass is 79.9. The van der Waals surface area contributed by atoms with E-state index < -0.39 is 10.0 Å². The van der Waals surface area contributed by atoms with E-state index in [4.69, 9.17) is 4.74 Å². The van der Waals surface area contributed by atoms with E-state index in [1.54, 1.807) is 24.3 Å². The SMILES string of the molecule is CCCOc1ccccc1NS(=O)(=O)CBr. The van der Waals surface area contributed by atoms with Crippen LogP contribution in [-0.2, 0) is 10.0 Å². The van der Waals surface area contributed by atoms with E-state index in [1.807, 2.05) is 6.92 Å². The number of benzene rings is 1. The number of sulfonamides is 1. The summed E-state index contributed by atoms with van der Waals surface area (Å²) in [5, 5.41) is 0. The number of halogens is 1. The van der Waals surface area contributed by atoms with Gasteiger partial charge in [-0.25, -0.2) is 8.42 Å². The van der Waals surface area contributed by atoms with Crippen molar-refractivity contribution in [2.45, 2.75) is 13.3 Å². The Morgan fingerprint density at radius 2 is 2.06 bits per heavy atom. The lowest BCUT2D eigenvalue weighted by molar-refractivity contribution is 0.319. The van der Waals surface area contributed by atoms with Crippen LogP contribution in [0, 0.1) is 0 Å². The van der Waals surface area contributed by atoms with E-state index in [-0.39, 0.29) is 4.66 Å². The second kappa shape index (κ2) is 6.10. The van der Waals surface area contributed by atoms with E-state index >= 15 is 0 Å². The molecule has 0 atom stereocenters.